The molecule has 0 aliphatic carbocycles. The van der Waals surface area contributed by atoms with Crippen molar-refractivity contribution in [3.63, 3.8) is 0 Å². The summed E-state index contributed by atoms with van der Waals surface area (Å²) in [5, 5.41) is 10.9. The molecule has 0 radical (unpaired) electrons. The fourth-order valence-corrected chi connectivity index (χ4v) is 2.46. The number of hydrogen-bond acceptors (Lipinski definition) is 5. The highest BCUT2D eigenvalue weighted by atomic mass is 79.9. The molecule has 20 heavy (non-hydrogen) atoms. The number of methoxy groups -OCH3 is 1. The lowest BCUT2D eigenvalue weighted by molar-refractivity contribution is -0.385. The van der Waals surface area contributed by atoms with Gasteiger partial charge in [0.05, 0.1) is 22.4 Å². The number of nitro benzene ring substituents is 1. The van der Waals surface area contributed by atoms with E-state index in [1.54, 1.807) is 13.0 Å². The number of esters is 1. The summed E-state index contributed by atoms with van der Waals surface area (Å²) in [4.78, 5) is 23.7. The molecule has 0 bridgehead atoms. The first-order valence-corrected chi connectivity index (χ1v) is 6.84. The first kappa shape index (κ1) is 16.6. The maximum absolute atomic E-state index is 11.4. The lowest BCUT2D eigenvalue weighted by Crippen LogP contribution is -2.29. The molecular formula is C13H17BrN2O4. The van der Waals surface area contributed by atoms with E-state index >= 15 is 0 Å². The lowest BCUT2D eigenvalue weighted by atomic mass is 10.1. The molecule has 0 spiro atoms. The van der Waals surface area contributed by atoms with Crippen LogP contribution in [0.25, 0.3) is 0 Å². The molecule has 110 valence electrons. The van der Waals surface area contributed by atoms with Crippen molar-refractivity contribution in [2.45, 2.75) is 13.5 Å². The van der Waals surface area contributed by atoms with E-state index in [2.05, 4.69) is 20.7 Å². The third-order valence-corrected chi connectivity index (χ3v) is 3.80. The second-order valence-electron chi connectivity index (χ2n) is 4.63. The van der Waals surface area contributed by atoms with Crippen LogP contribution < -0.4 is 0 Å². The zero-order valence-corrected chi connectivity index (χ0v) is 13.2. The number of benzene rings is 1. The summed E-state index contributed by atoms with van der Waals surface area (Å²) in [5.41, 5.74) is 0.843. The van der Waals surface area contributed by atoms with Crippen LogP contribution in [0.2, 0.25) is 0 Å². The minimum atomic E-state index is -0.426. The smallest absolute Gasteiger partial charge is 0.309 e. The van der Waals surface area contributed by atoms with Crippen LogP contribution in [0.15, 0.2) is 22.7 Å². The second kappa shape index (κ2) is 7.35. The Morgan fingerprint density at radius 3 is 2.75 bits per heavy atom. The standard InChI is InChI=1S/C13H17BrN2O4/c1-9(13(17)20-3)7-15(2)8-10-5-4-6-11(12(10)14)16(18)19/h4-6,9H,7-8H2,1-3H3. The Morgan fingerprint density at radius 1 is 1.55 bits per heavy atom. The van der Waals surface area contributed by atoms with Crippen molar-refractivity contribution in [2.75, 3.05) is 20.7 Å². The number of carbonyl (C=O) groups is 1. The number of carbonyl (C=O) groups excluding carboxylic acids is 1. The lowest BCUT2D eigenvalue weighted by Gasteiger charge is -2.20. The van der Waals surface area contributed by atoms with Crippen LogP contribution >= 0.6 is 15.9 Å². The molecule has 0 aromatic heterocycles. The maximum Gasteiger partial charge on any atom is 0.309 e. The van der Waals surface area contributed by atoms with Gasteiger partial charge >= 0.3 is 5.97 Å². The van der Waals surface area contributed by atoms with Crippen molar-refractivity contribution in [3.05, 3.63) is 38.3 Å². The van der Waals surface area contributed by atoms with Gasteiger partial charge in [-0.05, 0) is 28.5 Å². The normalized spacial score (nSPS) is 12.2. The molecule has 0 aliphatic rings. The first-order valence-electron chi connectivity index (χ1n) is 6.05. The zero-order chi connectivity index (χ0) is 15.3. The summed E-state index contributed by atoms with van der Waals surface area (Å²) in [6.45, 7) is 2.80. The van der Waals surface area contributed by atoms with Gasteiger partial charge in [0.2, 0.25) is 0 Å². The molecule has 0 heterocycles. The van der Waals surface area contributed by atoms with Gasteiger partial charge in [0.1, 0.15) is 0 Å². The van der Waals surface area contributed by atoms with Gasteiger partial charge in [-0.15, -0.1) is 0 Å². The van der Waals surface area contributed by atoms with Crippen LogP contribution in [0.3, 0.4) is 0 Å². The fraction of sp³-hybridized carbons (Fsp3) is 0.462. The average Bonchev–Trinajstić information content (AvgIpc) is 2.39. The highest BCUT2D eigenvalue weighted by molar-refractivity contribution is 9.10. The van der Waals surface area contributed by atoms with Gasteiger partial charge in [0, 0.05) is 19.2 Å². The van der Waals surface area contributed by atoms with Gasteiger partial charge in [-0.25, -0.2) is 0 Å². The summed E-state index contributed by atoms with van der Waals surface area (Å²) in [6, 6.07) is 4.91. The van der Waals surface area contributed by atoms with E-state index in [-0.39, 0.29) is 17.6 Å². The molecule has 1 aromatic carbocycles. The van der Waals surface area contributed by atoms with Gasteiger partial charge in [-0.3, -0.25) is 14.9 Å². The van der Waals surface area contributed by atoms with Crippen molar-refractivity contribution in [1.29, 1.82) is 0 Å². The molecule has 0 saturated carbocycles. The quantitative estimate of drug-likeness (QED) is 0.450. The SMILES string of the molecule is COC(=O)C(C)CN(C)Cc1cccc([N+](=O)[O-])c1Br. The Kier molecular flexibility index (Phi) is 6.09. The predicted octanol–water partition coefficient (Wildman–Crippen LogP) is 2.60. The third-order valence-electron chi connectivity index (χ3n) is 2.88. The molecule has 0 saturated heterocycles. The number of nitrogens with zero attached hydrogens (tertiary/aromatic N) is 2. The van der Waals surface area contributed by atoms with E-state index in [1.807, 2.05) is 18.0 Å². The van der Waals surface area contributed by atoms with E-state index in [4.69, 9.17) is 0 Å². The molecule has 1 atom stereocenters. The van der Waals surface area contributed by atoms with Crippen LogP contribution in [0, 0.1) is 16.0 Å². The molecular weight excluding hydrogens is 328 g/mol. The van der Waals surface area contributed by atoms with E-state index in [0.29, 0.717) is 17.6 Å². The van der Waals surface area contributed by atoms with Crippen LogP contribution in [-0.4, -0.2) is 36.5 Å². The minimum absolute atomic E-state index is 0.0388. The molecule has 1 aromatic rings. The first-order chi connectivity index (χ1) is 9.36. The monoisotopic (exact) mass is 344 g/mol. The Morgan fingerprint density at radius 2 is 2.20 bits per heavy atom. The summed E-state index contributed by atoms with van der Waals surface area (Å²) in [5.74, 6) is -0.516. The molecule has 7 heteroatoms. The van der Waals surface area contributed by atoms with Gasteiger partial charge in [-0.2, -0.15) is 0 Å². The minimum Gasteiger partial charge on any atom is -0.469 e. The number of nitro groups is 1. The topological polar surface area (TPSA) is 72.7 Å². The number of ether oxygens (including phenoxy) is 1. The van der Waals surface area contributed by atoms with Crippen molar-refractivity contribution >= 4 is 27.6 Å². The molecule has 0 aliphatic heterocycles. The summed E-state index contributed by atoms with van der Waals surface area (Å²) in [7, 11) is 3.21. The molecule has 0 N–H and O–H groups in total. The largest absolute Gasteiger partial charge is 0.469 e. The third kappa shape index (κ3) is 4.28. The van der Waals surface area contributed by atoms with Crippen molar-refractivity contribution in [1.82, 2.24) is 4.90 Å². The van der Waals surface area contributed by atoms with E-state index in [9.17, 15) is 14.9 Å². The second-order valence-corrected chi connectivity index (χ2v) is 5.42. The molecule has 1 unspecified atom stereocenters. The summed E-state index contributed by atoms with van der Waals surface area (Å²) >= 11 is 3.26. The Hall–Kier alpha value is -1.47. The number of hydrogen-bond donors (Lipinski definition) is 0. The Balaban J connectivity index is 2.76. The fourth-order valence-electron chi connectivity index (χ4n) is 1.93. The van der Waals surface area contributed by atoms with Crippen LogP contribution in [0.5, 0.6) is 0 Å². The van der Waals surface area contributed by atoms with Crippen molar-refractivity contribution in [2.24, 2.45) is 5.92 Å². The molecule has 6 nitrogen and oxygen atoms in total. The molecule has 1 rings (SSSR count). The number of rotatable bonds is 6. The van der Waals surface area contributed by atoms with E-state index in [1.165, 1.54) is 13.2 Å². The number of halogens is 1. The highest BCUT2D eigenvalue weighted by Gasteiger charge is 2.18. The summed E-state index contributed by atoms with van der Waals surface area (Å²) < 4.78 is 5.15. The highest BCUT2D eigenvalue weighted by Crippen LogP contribution is 2.29. The van der Waals surface area contributed by atoms with Crippen molar-refractivity contribution < 1.29 is 14.5 Å². The van der Waals surface area contributed by atoms with Gasteiger partial charge in [-0.1, -0.05) is 19.1 Å². The van der Waals surface area contributed by atoms with Gasteiger partial charge in [0.25, 0.3) is 5.69 Å². The van der Waals surface area contributed by atoms with Crippen LogP contribution in [0.4, 0.5) is 5.69 Å². The molecule has 0 amide bonds. The maximum atomic E-state index is 11.4. The zero-order valence-electron chi connectivity index (χ0n) is 11.6. The van der Waals surface area contributed by atoms with Crippen molar-refractivity contribution in [3.8, 4) is 0 Å². The van der Waals surface area contributed by atoms with Crippen LogP contribution in [0.1, 0.15) is 12.5 Å². The Labute approximate surface area is 126 Å². The van der Waals surface area contributed by atoms with Gasteiger partial charge in [0.15, 0.2) is 0 Å². The van der Waals surface area contributed by atoms with E-state index in [0.717, 1.165) is 5.56 Å². The van der Waals surface area contributed by atoms with E-state index < -0.39 is 4.92 Å². The summed E-state index contributed by atoms with van der Waals surface area (Å²) in [6.07, 6.45) is 0. The molecule has 0 fully saturated rings. The predicted molar refractivity (Wildman–Crippen MR) is 78.3 cm³/mol. The van der Waals surface area contributed by atoms with Crippen LogP contribution in [-0.2, 0) is 16.1 Å². The average molecular weight is 345 g/mol. The Bertz CT molecular complexity index is 507. The van der Waals surface area contributed by atoms with Gasteiger partial charge < -0.3 is 9.64 Å².